The van der Waals surface area contributed by atoms with E-state index in [0.29, 0.717) is 6.61 Å². The summed E-state index contributed by atoms with van der Waals surface area (Å²) >= 11 is 0. The van der Waals surface area contributed by atoms with Crippen LogP contribution >= 0.6 is 0 Å². The highest BCUT2D eigenvalue weighted by Gasteiger charge is 2.24. The molecule has 26 heavy (non-hydrogen) atoms. The summed E-state index contributed by atoms with van der Waals surface area (Å²) in [7, 11) is 1.71. The summed E-state index contributed by atoms with van der Waals surface area (Å²) in [6.07, 6.45) is 5.12. The summed E-state index contributed by atoms with van der Waals surface area (Å²) in [6.45, 7) is 7.66. The van der Waals surface area contributed by atoms with Crippen molar-refractivity contribution in [3.63, 3.8) is 0 Å². The lowest BCUT2D eigenvalue weighted by Gasteiger charge is -2.38. The highest BCUT2D eigenvalue weighted by Crippen LogP contribution is 2.30. The molecule has 2 heterocycles. The molecule has 1 fully saturated rings. The molecule has 0 aliphatic carbocycles. The number of nitro groups is 1. The van der Waals surface area contributed by atoms with E-state index >= 15 is 0 Å². The molecule has 0 bridgehead atoms. The van der Waals surface area contributed by atoms with Gasteiger partial charge in [-0.1, -0.05) is 6.42 Å². The first kappa shape index (κ1) is 19.1. The smallest absolute Gasteiger partial charge is 0.269 e. The second-order valence-corrected chi connectivity index (χ2v) is 7.28. The number of fused-ring (bicyclic) bond motifs is 1. The largest absolute Gasteiger partial charge is 0.383 e. The monoisotopic (exact) mass is 362 g/mol. The summed E-state index contributed by atoms with van der Waals surface area (Å²) in [5.41, 5.74) is 2.35. The highest BCUT2D eigenvalue weighted by atomic mass is 16.6. The summed E-state index contributed by atoms with van der Waals surface area (Å²) in [4.78, 5) is 18.0. The van der Waals surface area contributed by atoms with E-state index in [2.05, 4.69) is 14.7 Å². The summed E-state index contributed by atoms with van der Waals surface area (Å²) in [6, 6.07) is 5.27. The first-order chi connectivity index (χ1) is 12.7. The van der Waals surface area contributed by atoms with E-state index in [-0.39, 0.29) is 10.6 Å². The Morgan fingerprint density at radius 1 is 1.12 bits per heavy atom. The molecule has 2 aliphatic heterocycles. The minimum absolute atomic E-state index is 0.172. The molecule has 0 spiro atoms. The average molecular weight is 362 g/mol. The van der Waals surface area contributed by atoms with Crippen molar-refractivity contribution in [1.82, 2.24) is 9.80 Å². The van der Waals surface area contributed by atoms with E-state index in [1.54, 1.807) is 19.2 Å². The van der Waals surface area contributed by atoms with Crippen LogP contribution in [0.5, 0.6) is 0 Å². The van der Waals surface area contributed by atoms with Gasteiger partial charge in [-0.2, -0.15) is 0 Å². The molecule has 0 saturated carbocycles. The predicted molar refractivity (Wildman–Crippen MR) is 103 cm³/mol. The first-order valence-corrected chi connectivity index (χ1v) is 9.63. The maximum Gasteiger partial charge on any atom is 0.269 e. The van der Waals surface area contributed by atoms with Crippen molar-refractivity contribution in [2.75, 3.05) is 58.0 Å². The van der Waals surface area contributed by atoms with E-state index in [1.807, 2.05) is 6.07 Å². The molecule has 0 amide bonds. The van der Waals surface area contributed by atoms with E-state index in [1.165, 1.54) is 32.4 Å². The SMILES string of the molecule is COCCN1Cc2cc([N+](=O)[O-])ccc2N(CCCN2CCCCC2)C1. The highest BCUT2D eigenvalue weighted by molar-refractivity contribution is 5.59. The van der Waals surface area contributed by atoms with Gasteiger partial charge in [0.1, 0.15) is 0 Å². The first-order valence-electron chi connectivity index (χ1n) is 9.63. The minimum Gasteiger partial charge on any atom is -0.383 e. The standard InChI is InChI=1S/C19H30N4O3/c1-26-13-12-21-15-17-14-18(23(24)25)6-7-19(17)22(16-21)11-5-10-20-8-3-2-4-9-20/h6-7,14H,2-5,8-13,15-16H2,1H3. The number of rotatable bonds is 8. The van der Waals surface area contributed by atoms with Gasteiger partial charge in [0, 0.05) is 44.6 Å². The normalized spacial score (nSPS) is 18.7. The molecule has 1 saturated heterocycles. The molecule has 7 nitrogen and oxygen atoms in total. The van der Waals surface area contributed by atoms with Crippen molar-refractivity contribution in [3.8, 4) is 0 Å². The molecule has 1 aromatic carbocycles. The lowest BCUT2D eigenvalue weighted by Crippen LogP contribution is -2.44. The number of anilines is 1. The Morgan fingerprint density at radius 3 is 2.65 bits per heavy atom. The molecular weight excluding hydrogens is 332 g/mol. The predicted octanol–water partition coefficient (Wildman–Crippen LogP) is 2.70. The lowest BCUT2D eigenvalue weighted by atomic mass is 10.1. The van der Waals surface area contributed by atoms with E-state index in [0.717, 1.165) is 50.5 Å². The third-order valence-corrected chi connectivity index (χ3v) is 5.34. The molecule has 0 aromatic heterocycles. The van der Waals surface area contributed by atoms with Crippen molar-refractivity contribution in [2.45, 2.75) is 32.2 Å². The number of methoxy groups -OCH3 is 1. The average Bonchev–Trinajstić information content (AvgIpc) is 2.66. The number of hydrogen-bond donors (Lipinski definition) is 0. The number of benzene rings is 1. The molecular formula is C19H30N4O3. The van der Waals surface area contributed by atoms with Gasteiger partial charge in [-0.25, -0.2) is 0 Å². The number of non-ortho nitro benzene ring substituents is 1. The third kappa shape index (κ3) is 4.93. The number of nitro benzene ring substituents is 1. The Hall–Kier alpha value is -1.70. The minimum atomic E-state index is -0.310. The number of likely N-dealkylation sites (tertiary alicyclic amines) is 1. The topological polar surface area (TPSA) is 62.1 Å². The molecule has 0 N–H and O–H groups in total. The Labute approximate surface area is 155 Å². The van der Waals surface area contributed by atoms with Crippen molar-refractivity contribution in [2.24, 2.45) is 0 Å². The van der Waals surface area contributed by atoms with Gasteiger partial charge in [0.05, 0.1) is 18.2 Å². The summed E-state index contributed by atoms with van der Waals surface area (Å²) < 4.78 is 5.22. The molecule has 7 heteroatoms. The van der Waals surface area contributed by atoms with Gasteiger partial charge in [-0.3, -0.25) is 15.0 Å². The van der Waals surface area contributed by atoms with Crippen LogP contribution in [0.1, 0.15) is 31.2 Å². The van der Waals surface area contributed by atoms with E-state index in [9.17, 15) is 10.1 Å². The second-order valence-electron chi connectivity index (χ2n) is 7.28. The van der Waals surface area contributed by atoms with Gasteiger partial charge in [0.25, 0.3) is 5.69 Å². The second kappa shape index (κ2) is 9.30. The summed E-state index contributed by atoms with van der Waals surface area (Å²) in [5.74, 6) is 0. The molecule has 0 unspecified atom stereocenters. The van der Waals surface area contributed by atoms with Crippen LogP contribution in [0, 0.1) is 10.1 Å². The van der Waals surface area contributed by atoms with Gasteiger partial charge in [-0.05, 0) is 50.5 Å². The van der Waals surface area contributed by atoms with Crippen LogP contribution in [-0.4, -0.2) is 67.8 Å². The summed E-state index contributed by atoms with van der Waals surface area (Å²) in [5, 5.41) is 11.1. The molecule has 144 valence electrons. The third-order valence-electron chi connectivity index (χ3n) is 5.34. The number of hydrogen-bond acceptors (Lipinski definition) is 6. The van der Waals surface area contributed by atoms with Crippen molar-refractivity contribution in [3.05, 3.63) is 33.9 Å². The van der Waals surface area contributed by atoms with Crippen molar-refractivity contribution >= 4 is 11.4 Å². The Kier molecular flexibility index (Phi) is 6.82. The number of piperidine rings is 1. The van der Waals surface area contributed by atoms with Crippen LogP contribution in [0.4, 0.5) is 11.4 Å². The van der Waals surface area contributed by atoms with Crippen LogP contribution in [0.2, 0.25) is 0 Å². The molecule has 0 atom stereocenters. The molecule has 3 rings (SSSR count). The van der Waals surface area contributed by atoms with Gasteiger partial charge < -0.3 is 14.5 Å². The zero-order valence-electron chi connectivity index (χ0n) is 15.7. The van der Waals surface area contributed by atoms with Crippen LogP contribution in [0.25, 0.3) is 0 Å². The molecule has 2 aliphatic rings. The number of ether oxygens (including phenoxy) is 1. The van der Waals surface area contributed by atoms with E-state index < -0.39 is 0 Å². The van der Waals surface area contributed by atoms with Gasteiger partial charge in [-0.15, -0.1) is 0 Å². The molecule has 0 radical (unpaired) electrons. The zero-order chi connectivity index (χ0) is 18.4. The zero-order valence-corrected chi connectivity index (χ0v) is 15.7. The fourth-order valence-corrected chi connectivity index (χ4v) is 3.96. The quantitative estimate of drug-likeness (QED) is 0.523. The van der Waals surface area contributed by atoms with Crippen molar-refractivity contribution < 1.29 is 9.66 Å². The number of nitrogens with zero attached hydrogens (tertiary/aromatic N) is 4. The van der Waals surface area contributed by atoms with Gasteiger partial charge in [0.15, 0.2) is 0 Å². The van der Waals surface area contributed by atoms with Crippen LogP contribution < -0.4 is 4.90 Å². The van der Waals surface area contributed by atoms with Crippen molar-refractivity contribution in [1.29, 1.82) is 0 Å². The van der Waals surface area contributed by atoms with Gasteiger partial charge >= 0.3 is 0 Å². The maximum absolute atomic E-state index is 11.1. The Morgan fingerprint density at radius 2 is 1.92 bits per heavy atom. The van der Waals surface area contributed by atoms with Crippen LogP contribution in [0.15, 0.2) is 18.2 Å². The fourth-order valence-electron chi connectivity index (χ4n) is 3.96. The lowest BCUT2D eigenvalue weighted by molar-refractivity contribution is -0.384. The Balaban J connectivity index is 1.65. The fraction of sp³-hybridized carbons (Fsp3) is 0.684. The van der Waals surface area contributed by atoms with Crippen LogP contribution in [-0.2, 0) is 11.3 Å². The molecule has 1 aromatic rings. The van der Waals surface area contributed by atoms with Gasteiger partial charge in [0.2, 0.25) is 0 Å². The van der Waals surface area contributed by atoms with E-state index in [4.69, 9.17) is 4.74 Å². The Bertz CT molecular complexity index is 604. The maximum atomic E-state index is 11.1. The van der Waals surface area contributed by atoms with Crippen LogP contribution in [0.3, 0.4) is 0 Å².